The van der Waals surface area contributed by atoms with Gasteiger partial charge in [0.1, 0.15) is 5.76 Å². The number of rotatable bonds is 5. The molecule has 0 aliphatic rings. The van der Waals surface area contributed by atoms with Crippen molar-refractivity contribution < 1.29 is 9.15 Å². The average Bonchev–Trinajstić information content (AvgIpc) is 2.92. The second-order valence-corrected chi connectivity index (χ2v) is 5.18. The van der Waals surface area contributed by atoms with Crippen LogP contribution < -0.4 is 10.1 Å². The first kappa shape index (κ1) is 13.7. The third kappa shape index (κ3) is 3.09. The molecule has 1 N–H and O–H groups in total. The average molecular weight is 281 g/mol. The van der Waals surface area contributed by atoms with Gasteiger partial charge in [0.15, 0.2) is 11.3 Å². The minimum Gasteiger partial charge on any atom is -0.493 e. The Morgan fingerprint density at radius 3 is 2.62 bits per heavy atom. The van der Waals surface area contributed by atoms with E-state index < -0.39 is 0 Å². The Bertz CT molecular complexity index is 729. The summed E-state index contributed by atoms with van der Waals surface area (Å²) in [5, 5.41) is 4.47. The molecule has 0 radical (unpaired) electrons. The number of furan rings is 1. The fourth-order valence-corrected chi connectivity index (χ4v) is 2.37. The van der Waals surface area contributed by atoms with Crippen LogP contribution >= 0.6 is 0 Å². The third-order valence-corrected chi connectivity index (χ3v) is 3.53. The summed E-state index contributed by atoms with van der Waals surface area (Å²) in [6.07, 6.45) is 0. The lowest BCUT2D eigenvalue weighted by Crippen LogP contribution is -2.11. The van der Waals surface area contributed by atoms with Gasteiger partial charge in [0, 0.05) is 11.9 Å². The molecular weight excluding hydrogens is 262 g/mol. The molecule has 1 heterocycles. The van der Waals surface area contributed by atoms with Crippen molar-refractivity contribution >= 4 is 11.0 Å². The number of hydrogen-bond donors (Lipinski definition) is 1. The largest absolute Gasteiger partial charge is 0.493 e. The highest BCUT2D eigenvalue weighted by Gasteiger charge is 2.08. The van der Waals surface area contributed by atoms with Gasteiger partial charge in [0.2, 0.25) is 0 Å². The summed E-state index contributed by atoms with van der Waals surface area (Å²) in [4.78, 5) is 0. The Kier molecular flexibility index (Phi) is 3.93. The zero-order valence-electron chi connectivity index (χ0n) is 12.3. The van der Waals surface area contributed by atoms with Crippen LogP contribution in [0.2, 0.25) is 0 Å². The second kappa shape index (κ2) is 6.02. The summed E-state index contributed by atoms with van der Waals surface area (Å²) >= 11 is 0. The van der Waals surface area contributed by atoms with Crippen molar-refractivity contribution in [3.63, 3.8) is 0 Å². The van der Waals surface area contributed by atoms with Crippen LogP contribution in [0, 0.1) is 6.92 Å². The van der Waals surface area contributed by atoms with Crippen molar-refractivity contribution in [2.45, 2.75) is 20.0 Å². The minimum atomic E-state index is 0.700. The highest BCUT2D eigenvalue weighted by molar-refractivity contribution is 5.83. The lowest BCUT2D eigenvalue weighted by Gasteiger charge is -2.03. The molecule has 0 amide bonds. The van der Waals surface area contributed by atoms with Crippen LogP contribution in [0.25, 0.3) is 11.0 Å². The number of para-hydroxylation sites is 1. The van der Waals surface area contributed by atoms with Crippen molar-refractivity contribution in [2.75, 3.05) is 7.11 Å². The molecule has 2 aromatic carbocycles. The smallest absolute Gasteiger partial charge is 0.176 e. The van der Waals surface area contributed by atoms with Gasteiger partial charge in [-0.05, 0) is 24.6 Å². The molecule has 21 heavy (non-hydrogen) atoms. The van der Waals surface area contributed by atoms with Crippen LogP contribution in [0.15, 0.2) is 52.9 Å². The third-order valence-electron chi connectivity index (χ3n) is 3.53. The normalized spacial score (nSPS) is 11.0. The summed E-state index contributed by atoms with van der Waals surface area (Å²) in [7, 11) is 1.66. The number of nitrogens with one attached hydrogen (secondary N) is 1. The van der Waals surface area contributed by atoms with Gasteiger partial charge < -0.3 is 14.5 Å². The molecular formula is C18H19NO2. The number of aryl methyl sites for hydroxylation is 1. The number of hydrogen-bond acceptors (Lipinski definition) is 3. The Balaban J connectivity index is 1.66. The van der Waals surface area contributed by atoms with Crippen molar-refractivity contribution in [3.8, 4) is 5.75 Å². The zero-order valence-corrected chi connectivity index (χ0v) is 12.3. The summed E-state index contributed by atoms with van der Waals surface area (Å²) in [5.41, 5.74) is 3.37. The van der Waals surface area contributed by atoms with E-state index in [9.17, 15) is 0 Å². The zero-order chi connectivity index (χ0) is 14.7. The van der Waals surface area contributed by atoms with Gasteiger partial charge >= 0.3 is 0 Å². The summed E-state index contributed by atoms with van der Waals surface area (Å²) < 4.78 is 11.2. The first-order valence-electron chi connectivity index (χ1n) is 7.08. The molecule has 108 valence electrons. The predicted molar refractivity (Wildman–Crippen MR) is 84.5 cm³/mol. The molecule has 0 fully saturated rings. The van der Waals surface area contributed by atoms with Crippen LogP contribution in [0.5, 0.6) is 5.75 Å². The first-order valence-corrected chi connectivity index (χ1v) is 7.08. The van der Waals surface area contributed by atoms with Crippen LogP contribution in [0.3, 0.4) is 0 Å². The SMILES string of the molecule is COc1cccc2cc(CNCc3ccc(C)cc3)oc12. The Labute approximate surface area is 124 Å². The monoisotopic (exact) mass is 281 g/mol. The van der Waals surface area contributed by atoms with Crippen LogP contribution in [-0.2, 0) is 13.1 Å². The standard InChI is InChI=1S/C18H19NO2/c1-13-6-8-14(9-7-13)11-19-12-16-10-15-4-3-5-17(20-2)18(15)21-16/h3-10,19H,11-12H2,1-2H3. The van der Waals surface area contributed by atoms with E-state index in [2.05, 4.69) is 42.6 Å². The van der Waals surface area contributed by atoms with Gasteiger partial charge in [-0.3, -0.25) is 0 Å². The highest BCUT2D eigenvalue weighted by atomic mass is 16.5. The first-order chi connectivity index (χ1) is 10.3. The maximum atomic E-state index is 5.86. The van der Waals surface area contributed by atoms with Gasteiger partial charge in [-0.1, -0.05) is 42.0 Å². The molecule has 0 aliphatic heterocycles. The van der Waals surface area contributed by atoms with Crippen LogP contribution in [0.4, 0.5) is 0 Å². The lowest BCUT2D eigenvalue weighted by molar-refractivity contribution is 0.406. The molecule has 0 spiro atoms. The quantitative estimate of drug-likeness (QED) is 0.766. The van der Waals surface area contributed by atoms with Crippen LogP contribution in [-0.4, -0.2) is 7.11 Å². The number of methoxy groups -OCH3 is 1. The van der Waals surface area contributed by atoms with E-state index in [0.717, 1.165) is 29.0 Å². The highest BCUT2D eigenvalue weighted by Crippen LogP contribution is 2.28. The second-order valence-electron chi connectivity index (χ2n) is 5.18. The molecule has 0 atom stereocenters. The van der Waals surface area contributed by atoms with E-state index in [1.807, 2.05) is 18.2 Å². The number of benzene rings is 2. The molecule has 1 aromatic heterocycles. The molecule has 0 unspecified atom stereocenters. The van der Waals surface area contributed by atoms with E-state index in [4.69, 9.17) is 9.15 Å². The van der Waals surface area contributed by atoms with Gasteiger partial charge in [-0.25, -0.2) is 0 Å². The van der Waals surface area contributed by atoms with E-state index in [1.54, 1.807) is 7.11 Å². The number of fused-ring (bicyclic) bond motifs is 1. The molecule has 3 nitrogen and oxygen atoms in total. The van der Waals surface area contributed by atoms with Gasteiger partial charge in [0.05, 0.1) is 13.7 Å². The maximum Gasteiger partial charge on any atom is 0.176 e. The van der Waals surface area contributed by atoms with Crippen molar-refractivity contribution in [1.29, 1.82) is 0 Å². The fourth-order valence-electron chi connectivity index (χ4n) is 2.37. The van der Waals surface area contributed by atoms with Gasteiger partial charge in [0.25, 0.3) is 0 Å². The Morgan fingerprint density at radius 1 is 1.05 bits per heavy atom. The molecule has 0 aliphatic carbocycles. The maximum absolute atomic E-state index is 5.86. The minimum absolute atomic E-state index is 0.700. The van der Waals surface area contributed by atoms with Crippen molar-refractivity contribution in [2.24, 2.45) is 0 Å². The van der Waals surface area contributed by atoms with Crippen molar-refractivity contribution in [1.82, 2.24) is 5.32 Å². The topological polar surface area (TPSA) is 34.4 Å². The van der Waals surface area contributed by atoms with Gasteiger partial charge in [-0.2, -0.15) is 0 Å². The Morgan fingerprint density at radius 2 is 1.86 bits per heavy atom. The van der Waals surface area contributed by atoms with E-state index in [-0.39, 0.29) is 0 Å². The summed E-state index contributed by atoms with van der Waals surface area (Å²) in [6, 6.07) is 16.5. The Hall–Kier alpha value is -2.26. The molecule has 0 saturated carbocycles. The molecule has 3 aromatic rings. The van der Waals surface area contributed by atoms with E-state index in [1.165, 1.54) is 11.1 Å². The fraction of sp³-hybridized carbons (Fsp3) is 0.222. The number of ether oxygens (including phenoxy) is 1. The summed E-state index contributed by atoms with van der Waals surface area (Å²) in [5.74, 6) is 1.69. The van der Waals surface area contributed by atoms with Crippen LogP contribution in [0.1, 0.15) is 16.9 Å². The molecule has 0 bridgehead atoms. The molecule has 0 saturated heterocycles. The lowest BCUT2D eigenvalue weighted by atomic mass is 10.1. The van der Waals surface area contributed by atoms with E-state index >= 15 is 0 Å². The van der Waals surface area contributed by atoms with Crippen molar-refractivity contribution in [3.05, 3.63) is 65.4 Å². The molecule has 3 rings (SSSR count). The van der Waals surface area contributed by atoms with Gasteiger partial charge in [-0.15, -0.1) is 0 Å². The van der Waals surface area contributed by atoms with E-state index in [0.29, 0.717) is 6.54 Å². The molecule has 3 heteroatoms. The summed E-state index contributed by atoms with van der Waals surface area (Å²) in [6.45, 7) is 3.62. The predicted octanol–water partition coefficient (Wildman–Crippen LogP) is 4.04.